The van der Waals surface area contributed by atoms with Crippen molar-refractivity contribution in [2.45, 2.75) is 6.92 Å². The standard InChI is InChI=1S/C21H19N3O5/c1-2-23-16-5-3-4-6-18(16)29-17-8-7-13(11-14(17)20(23)27)22-15-12-19(26)24(9-10-25)21(15)28/h3-8,11-12,22,25H,2,9-10H2,1H3. The van der Waals surface area contributed by atoms with Crippen LogP contribution in [-0.4, -0.2) is 47.4 Å². The van der Waals surface area contributed by atoms with Crippen LogP contribution >= 0.6 is 0 Å². The molecule has 0 aromatic heterocycles. The summed E-state index contributed by atoms with van der Waals surface area (Å²) in [6.45, 7) is 1.96. The van der Waals surface area contributed by atoms with Crippen LogP contribution in [0.2, 0.25) is 0 Å². The Bertz CT molecular complexity index is 1050. The number of β-amino-alcohol motifs (C(OH)–C–C–N with tert-alkyl or cyclic N) is 1. The Hall–Kier alpha value is -3.65. The van der Waals surface area contributed by atoms with Gasteiger partial charge in [-0.15, -0.1) is 0 Å². The van der Waals surface area contributed by atoms with Gasteiger partial charge in [0.2, 0.25) is 0 Å². The number of ether oxygens (including phenoxy) is 1. The van der Waals surface area contributed by atoms with Crippen LogP contribution in [-0.2, 0) is 9.59 Å². The average molecular weight is 393 g/mol. The Balaban J connectivity index is 1.66. The maximum Gasteiger partial charge on any atom is 0.277 e. The van der Waals surface area contributed by atoms with Crippen LogP contribution in [0.15, 0.2) is 54.2 Å². The number of carbonyl (C=O) groups excluding carboxylic acids is 3. The molecule has 148 valence electrons. The number of aliphatic hydroxyl groups excluding tert-OH is 1. The van der Waals surface area contributed by atoms with Crippen molar-refractivity contribution < 1.29 is 24.2 Å². The SMILES string of the molecule is CCN1C(=O)c2cc(NC3=CC(=O)N(CCO)C3=O)ccc2Oc2ccccc21. The molecule has 8 heteroatoms. The molecule has 0 saturated heterocycles. The molecule has 0 saturated carbocycles. The highest BCUT2D eigenvalue weighted by molar-refractivity contribution is 6.17. The van der Waals surface area contributed by atoms with Crippen LogP contribution in [0.3, 0.4) is 0 Å². The number of hydrogen-bond donors (Lipinski definition) is 2. The number of aliphatic hydroxyl groups is 1. The van der Waals surface area contributed by atoms with Gasteiger partial charge in [0.25, 0.3) is 17.7 Å². The van der Waals surface area contributed by atoms with Gasteiger partial charge >= 0.3 is 0 Å². The minimum Gasteiger partial charge on any atom is -0.454 e. The molecular weight excluding hydrogens is 374 g/mol. The number of carbonyl (C=O) groups is 3. The van der Waals surface area contributed by atoms with E-state index >= 15 is 0 Å². The number of nitrogens with one attached hydrogen (secondary N) is 1. The molecule has 0 fully saturated rings. The third kappa shape index (κ3) is 3.23. The molecule has 0 atom stereocenters. The fourth-order valence-electron chi connectivity index (χ4n) is 3.38. The zero-order chi connectivity index (χ0) is 20.5. The van der Waals surface area contributed by atoms with Gasteiger partial charge < -0.3 is 20.1 Å². The molecule has 0 radical (unpaired) electrons. The summed E-state index contributed by atoms with van der Waals surface area (Å²) in [5.41, 5.74) is 1.59. The number of amides is 3. The number of anilines is 2. The summed E-state index contributed by atoms with van der Waals surface area (Å²) in [6.07, 6.45) is 1.18. The van der Waals surface area contributed by atoms with Crippen LogP contribution in [0.4, 0.5) is 11.4 Å². The average Bonchev–Trinajstić information content (AvgIpc) is 2.91. The first kappa shape index (κ1) is 18.7. The third-order valence-corrected chi connectivity index (χ3v) is 4.76. The predicted molar refractivity (Wildman–Crippen MR) is 106 cm³/mol. The molecule has 2 N–H and O–H groups in total. The number of imide groups is 1. The number of hydrogen-bond acceptors (Lipinski definition) is 6. The molecule has 8 nitrogen and oxygen atoms in total. The summed E-state index contributed by atoms with van der Waals surface area (Å²) in [5.74, 6) is -0.243. The Morgan fingerprint density at radius 3 is 2.55 bits per heavy atom. The molecule has 2 aliphatic rings. The van der Waals surface area contributed by atoms with Gasteiger partial charge in [-0.1, -0.05) is 12.1 Å². The molecule has 0 aliphatic carbocycles. The molecule has 2 aromatic rings. The minimum absolute atomic E-state index is 0.0699. The minimum atomic E-state index is -0.524. The van der Waals surface area contributed by atoms with E-state index in [9.17, 15) is 14.4 Å². The zero-order valence-corrected chi connectivity index (χ0v) is 15.7. The summed E-state index contributed by atoms with van der Waals surface area (Å²) in [6, 6.07) is 12.2. The lowest BCUT2D eigenvalue weighted by molar-refractivity contribution is -0.137. The second kappa shape index (κ2) is 7.40. The topological polar surface area (TPSA) is 99.2 Å². The highest BCUT2D eigenvalue weighted by Crippen LogP contribution is 2.39. The summed E-state index contributed by atoms with van der Waals surface area (Å²) in [7, 11) is 0. The van der Waals surface area contributed by atoms with Gasteiger partial charge in [-0.3, -0.25) is 19.3 Å². The molecule has 4 rings (SSSR count). The lowest BCUT2D eigenvalue weighted by atomic mass is 10.1. The lowest BCUT2D eigenvalue weighted by Gasteiger charge is -2.20. The number of fused-ring (bicyclic) bond motifs is 2. The molecule has 0 bridgehead atoms. The van der Waals surface area contributed by atoms with E-state index in [4.69, 9.17) is 9.84 Å². The van der Waals surface area contributed by atoms with E-state index < -0.39 is 11.8 Å². The largest absolute Gasteiger partial charge is 0.454 e. The van der Waals surface area contributed by atoms with Crippen molar-refractivity contribution in [2.24, 2.45) is 0 Å². The van der Waals surface area contributed by atoms with Crippen molar-refractivity contribution in [3.63, 3.8) is 0 Å². The fourth-order valence-corrected chi connectivity index (χ4v) is 3.38. The molecule has 0 spiro atoms. The molecule has 2 aliphatic heterocycles. The summed E-state index contributed by atoms with van der Waals surface area (Å²) in [4.78, 5) is 39.9. The molecule has 2 heterocycles. The van der Waals surface area contributed by atoms with Gasteiger partial charge in [-0.2, -0.15) is 0 Å². The van der Waals surface area contributed by atoms with E-state index in [0.29, 0.717) is 35.0 Å². The predicted octanol–water partition coefficient (Wildman–Crippen LogP) is 2.12. The Kier molecular flexibility index (Phi) is 4.77. The van der Waals surface area contributed by atoms with Crippen LogP contribution < -0.4 is 15.0 Å². The highest BCUT2D eigenvalue weighted by atomic mass is 16.5. The monoisotopic (exact) mass is 393 g/mol. The van der Waals surface area contributed by atoms with Gasteiger partial charge in [0.1, 0.15) is 11.4 Å². The second-order valence-corrected chi connectivity index (χ2v) is 6.53. The Morgan fingerprint density at radius 2 is 1.79 bits per heavy atom. The van der Waals surface area contributed by atoms with Crippen molar-refractivity contribution in [1.29, 1.82) is 0 Å². The van der Waals surface area contributed by atoms with Gasteiger partial charge in [0, 0.05) is 18.3 Å². The summed E-state index contributed by atoms with van der Waals surface area (Å²) in [5, 5.41) is 11.9. The van der Waals surface area contributed by atoms with E-state index in [-0.39, 0.29) is 24.8 Å². The molecule has 0 unspecified atom stereocenters. The first-order chi connectivity index (χ1) is 14.0. The summed E-state index contributed by atoms with van der Waals surface area (Å²) >= 11 is 0. The Morgan fingerprint density at radius 1 is 1.00 bits per heavy atom. The third-order valence-electron chi connectivity index (χ3n) is 4.76. The second-order valence-electron chi connectivity index (χ2n) is 6.53. The quantitative estimate of drug-likeness (QED) is 0.755. The zero-order valence-electron chi connectivity index (χ0n) is 15.7. The molecule has 29 heavy (non-hydrogen) atoms. The van der Waals surface area contributed by atoms with E-state index in [0.717, 1.165) is 4.90 Å². The first-order valence-electron chi connectivity index (χ1n) is 9.21. The number of benzene rings is 2. The normalized spacial score (nSPS) is 15.5. The van der Waals surface area contributed by atoms with Crippen LogP contribution in [0, 0.1) is 0 Å². The van der Waals surface area contributed by atoms with E-state index in [1.165, 1.54) is 6.08 Å². The molecular formula is C21H19N3O5. The maximum atomic E-state index is 13.1. The number of nitrogens with zero attached hydrogens (tertiary/aromatic N) is 2. The maximum absolute atomic E-state index is 13.1. The van der Waals surface area contributed by atoms with Gasteiger partial charge in [0.15, 0.2) is 5.75 Å². The van der Waals surface area contributed by atoms with Crippen molar-refractivity contribution in [2.75, 3.05) is 29.9 Å². The molecule has 2 aromatic carbocycles. The highest BCUT2D eigenvalue weighted by Gasteiger charge is 2.31. The van der Waals surface area contributed by atoms with E-state index in [1.807, 2.05) is 25.1 Å². The van der Waals surface area contributed by atoms with Crippen molar-refractivity contribution in [3.05, 3.63) is 59.8 Å². The van der Waals surface area contributed by atoms with Crippen molar-refractivity contribution in [3.8, 4) is 11.5 Å². The lowest BCUT2D eigenvalue weighted by Crippen LogP contribution is -2.34. The van der Waals surface area contributed by atoms with Crippen LogP contribution in [0.5, 0.6) is 11.5 Å². The Labute approximate surface area is 167 Å². The summed E-state index contributed by atoms with van der Waals surface area (Å²) < 4.78 is 5.96. The number of para-hydroxylation sites is 2. The van der Waals surface area contributed by atoms with E-state index in [2.05, 4.69) is 5.32 Å². The van der Waals surface area contributed by atoms with Gasteiger partial charge in [-0.25, -0.2) is 0 Å². The smallest absolute Gasteiger partial charge is 0.277 e. The molecule has 3 amide bonds. The van der Waals surface area contributed by atoms with Crippen LogP contribution in [0.25, 0.3) is 0 Å². The fraction of sp³-hybridized carbons (Fsp3) is 0.190. The van der Waals surface area contributed by atoms with E-state index in [1.54, 1.807) is 29.2 Å². The van der Waals surface area contributed by atoms with Gasteiger partial charge in [-0.05, 0) is 37.3 Å². The van der Waals surface area contributed by atoms with Crippen molar-refractivity contribution in [1.82, 2.24) is 4.90 Å². The van der Waals surface area contributed by atoms with Crippen molar-refractivity contribution >= 4 is 29.1 Å². The first-order valence-corrected chi connectivity index (χ1v) is 9.21. The number of rotatable bonds is 5. The van der Waals surface area contributed by atoms with Crippen LogP contribution in [0.1, 0.15) is 17.3 Å². The van der Waals surface area contributed by atoms with Gasteiger partial charge in [0.05, 0.1) is 24.4 Å².